The predicted octanol–water partition coefficient (Wildman–Crippen LogP) is 2.41. The Morgan fingerprint density at radius 3 is 2.56 bits per heavy atom. The lowest BCUT2D eigenvalue weighted by Crippen LogP contribution is -2.12. The van der Waals surface area contributed by atoms with Gasteiger partial charge in [-0.25, -0.2) is 0 Å². The number of nitrogen functional groups attached to an aromatic ring is 2. The largest absolute Gasteiger partial charge is 0.399 e. The van der Waals surface area contributed by atoms with Crippen LogP contribution in [0.1, 0.15) is 15.9 Å². The molecule has 1 amide bonds. The third kappa shape index (κ3) is 2.60. The highest BCUT2D eigenvalue weighted by molar-refractivity contribution is 6.04. The van der Waals surface area contributed by atoms with Crippen molar-refractivity contribution >= 4 is 23.0 Å². The Hall–Kier alpha value is -2.49. The molecule has 18 heavy (non-hydrogen) atoms. The number of nitrogens with two attached hydrogens (primary N) is 2. The zero-order valence-electron chi connectivity index (χ0n) is 10.1. The first-order chi connectivity index (χ1) is 8.56. The second-order valence-corrected chi connectivity index (χ2v) is 4.15. The number of carbonyl (C=O) groups is 1. The van der Waals surface area contributed by atoms with Crippen LogP contribution < -0.4 is 16.8 Å². The Balaban J connectivity index is 2.18. The van der Waals surface area contributed by atoms with E-state index in [1.807, 2.05) is 13.0 Å². The molecular weight excluding hydrogens is 226 g/mol. The van der Waals surface area contributed by atoms with Gasteiger partial charge in [-0.15, -0.1) is 0 Å². The fourth-order valence-corrected chi connectivity index (χ4v) is 1.64. The number of benzene rings is 2. The summed E-state index contributed by atoms with van der Waals surface area (Å²) in [5.74, 6) is -0.188. The van der Waals surface area contributed by atoms with Gasteiger partial charge in [0.15, 0.2) is 0 Å². The number of anilines is 3. The molecule has 5 N–H and O–H groups in total. The average Bonchev–Trinajstić information content (AvgIpc) is 2.34. The van der Waals surface area contributed by atoms with Crippen LogP contribution in [0.25, 0.3) is 0 Å². The van der Waals surface area contributed by atoms with Crippen molar-refractivity contribution in [1.29, 1.82) is 0 Å². The smallest absolute Gasteiger partial charge is 0.255 e. The van der Waals surface area contributed by atoms with Crippen LogP contribution >= 0.6 is 0 Å². The van der Waals surface area contributed by atoms with E-state index in [-0.39, 0.29) is 5.91 Å². The van der Waals surface area contributed by atoms with E-state index in [1.54, 1.807) is 36.4 Å². The highest BCUT2D eigenvalue weighted by Crippen LogP contribution is 2.17. The maximum absolute atomic E-state index is 12.0. The Labute approximate surface area is 106 Å². The first-order valence-corrected chi connectivity index (χ1v) is 5.59. The molecule has 2 aromatic carbocycles. The molecule has 0 radical (unpaired) electrons. The van der Waals surface area contributed by atoms with Gasteiger partial charge < -0.3 is 16.8 Å². The van der Waals surface area contributed by atoms with Crippen molar-refractivity contribution in [2.75, 3.05) is 16.8 Å². The standard InChI is InChI=1S/C14H15N3O/c1-9-7-12(5-6-13(9)16)17-14(18)10-3-2-4-11(15)8-10/h2-8H,15-16H2,1H3,(H,17,18). The van der Waals surface area contributed by atoms with E-state index < -0.39 is 0 Å². The number of carbonyl (C=O) groups excluding carboxylic acids is 1. The zero-order valence-corrected chi connectivity index (χ0v) is 10.1. The van der Waals surface area contributed by atoms with E-state index in [9.17, 15) is 4.79 Å². The number of hydrogen-bond acceptors (Lipinski definition) is 3. The molecule has 0 aliphatic carbocycles. The summed E-state index contributed by atoms with van der Waals surface area (Å²) in [5, 5.41) is 2.80. The van der Waals surface area contributed by atoms with E-state index in [1.165, 1.54) is 0 Å². The summed E-state index contributed by atoms with van der Waals surface area (Å²) in [7, 11) is 0. The first-order valence-electron chi connectivity index (χ1n) is 5.59. The van der Waals surface area contributed by atoms with E-state index in [4.69, 9.17) is 11.5 Å². The zero-order chi connectivity index (χ0) is 13.1. The summed E-state index contributed by atoms with van der Waals surface area (Å²) in [6.45, 7) is 1.89. The van der Waals surface area contributed by atoms with Crippen LogP contribution in [-0.4, -0.2) is 5.91 Å². The molecule has 4 nitrogen and oxygen atoms in total. The fraction of sp³-hybridized carbons (Fsp3) is 0.0714. The normalized spacial score (nSPS) is 10.1. The summed E-state index contributed by atoms with van der Waals surface area (Å²) in [4.78, 5) is 12.0. The number of aryl methyl sites for hydroxylation is 1. The molecule has 0 aliphatic heterocycles. The molecule has 0 atom stereocenters. The minimum atomic E-state index is -0.188. The van der Waals surface area contributed by atoms with Gasteiger partial charge in [0.05, 0.1) is 0 Å². The second-order valence-electron chi connectivity index (χ2n) is 4.15. The van der Waals surface area contributed by atoms with Crippen LogP contribution in [-0.2, 0) is 0 Å². The second kappa shape index (κ2) is 4.79. The van der Waals surface area contributed by atoms with E-state index in [0.717, 1.165) is 5.56 Å². The fourth-order valence-electron chi connectivity index (χ4n) is 1.64. The van der Waals surface area contributed by atoms with E-state index in [0.29, 0.717) is 22.6 Å². The first kappa shape index (κ1) is 12.0. The molecule has 0 bridgehead atoms. The maximum Gasteiger partial charge on any atom is 0.255 e. The summed E-state index contributed by atoms with van der Waals surface area (Å²) in [6.07, 6.45) is 0. The van der Waals surface area contributed by atoms with Gasteiger partial charge >= 0.3 is 0 Å². The molecule has 0 heterocycles. The van der Waals surface area contributed by atoms with Crippen molar-refractivity contribution in [2.45, 2.75) is 6.92 Å². The van der Waals surface area contributed by atoms with Gasteiger partial charge in [0, 0.05) is 22.6 Å². The van der Waals surface area contributed by atoms with Crippen LogP contribution in [0.3, 0.4) is 0 Å². The average molecular weight is 241 g/mol. The maximum atomic E-state index is 12.0. The summed E-state index contributed by atoms with van der Waals surface area (Å²) in [6, 6.07) is 12.2. The van der Waals surface area contributed by atoms with Gasteiger partial charge in [0.1, 0.15) is 0 Å². The number of nitrogens with one attached hydrogen (secondary N) is 1. The van der Waals surface area contributed by atoms with Gasteiger partial charge in [0.25, 0.3) is 5.91 Å². The number of rotatable bonds is 2. The summed E-state index contributed by atoms with van der Waals surface area (Å²) >= 11 is 0. The van der Waals surface area contributed by atoms with Crippen molar-refractivity contribution in [3.8, 4) is 0 Å². The van der Waals surface area contributed by atoms with Crippen LogP contribution in [0.4, 0.5) is 17.1 Å². The van der Waals surface area contributed by atoms with Gasteiger partial charge in [-0.2, -0.15) is 0 Å². The Kier molecular flexibility index (Phi) is 3.19. The molecule has 0 aromatic heterocycles. The highest BCUT2D eigenvalue weighted by atomic mass is 16.1. The molecule has 0 aliphatic rings. The molecule has 0 unspecified atom stereocenters. The minimum Gasteiger partial charge on any atom is -0.399 e. The van der Waals surface area contributed by atoms with Gasteiger partial charge in [-0.3, -0.25) is 4.79 Å². The van der Waals surface area contributed by atoms with Crippen molar-refractivity contribution in [3.05, 3.63) is 53.6 Å². The molecule has 92 valence electrons. The Morgan fingerprint density at radius 2 is 1.89 bits per heavy atom. The van der Waals surface area contributed by atoms with Crippen molar-refractivity contribution in [3.63, 3.8) is 0 Å². The molecule has 0 saturated heterocycles. The van der Waals surface area contributed by atoms with E-state index in [2.05, 4.69) is 5.32 Å². The van der Waals surface area contributed by atoms with Crippen LogP contribution in [0.15, 0.2) is 42.5 Å². The van der Waals surface area contributed by atoms with Crippen LogP contribution in [0.5, 0.6) is 0 Å². The molecule has 4 heteroatoms. The third-order valence-corrected chi connectivity index (χ3v) is 2.68. The number of amides is 1. The minimum absolute atomic E-state index is 0.188. The van der Waals surface area contributed by atoms with Crippen LogP contribution in [0, 0.1) is 6.92 Å². The quantitative estimate of drug-likeness (QED) is 0.706. The third-order valence-electron chi connectivity index (χ3n) is 2.68. The van der Waals surface area contributed by atoms with Gasteiger partial charge in [-0.05, 0) is 48.9 Å². The van der Waals surface area contributed by atoms with Crippen molar-refractivity contribution < 1.29 is 4.79 Å². The molecule has 2 rings (SSSR count). The van der Waals surface area contributed by atoms with Crippen molar-refractivity contribution in [1.82, 2.24) is 0 Å². The van der Waals surface area contributed by atoms with E-state index >= 15 is 0 Å². The highest BCUT2D eigenvalue weighted by Gasteiger charge is 2.06. The SMILES string of the molecule is Cc1cc(NC(=O)c2cccc(N)c2)ccc1N. The monoisotopic (exact) mass is 241 g/mol. The molecule has 0 saturated carbocycles. The Morgan fingerprint density at radius 1 is 1.11 bits per heavy atom. The summed E-state index contributed by atoms with van der Waals surface area (Å²) in [5.41, 5.74) is 14.8. The van der Waals surface area contributed by atoms with Gasteiger partial charge in [-0.1, -0.05) is 6.07 Å². The topological polar surface area (TPSA) is 81.1 Å². The molecule has 2 aromatic rings. The molecular formula is C14H15N3O. The predicted molar refractivity (Wildman–Crippen MR) is 74.4 cm³/mol. The lowest BCUT2D eigenvalue weighted by atomic mass is 10.1. The van der Waals surface area contributed by atoms with Crippen LogP contribution in [0.2, 0.25) is 0 Å². The lowest BCUT2D eigenvalue weighted by molar-refractivity contribution is 0.102. The summed E-state index contributed by atoms with van der Waals surface area (Å²) < 4.78 is 0. The lowest BCUT2D eigenvalue weighted by Gasteiger charge is -2.08. The van der Waals surface area contributed by atoms with Crippen molar-refractivity contribution in [2.24, 2.45) is 0 Å². The Bertz CT molecular complexity index is 593. The molecule has 0 spiro atoms. The van der Waals surface area contributed by atoms with Gasteiger partial charge in [0.2, 0.25) is 0 Å². The number of hydrogen-bond donors (Lipinski definition) is 3. The molecule has 0 fully saturated rings.